The van der Waals surface area contributed by atoms with Gasteiger partial charge in [-0.1, -0.05) is 72.3 Å². The maximum atomic E-state index is 14.6. The van der Waals surface area contributed by atoms with Crippen LogP contribution in [0.3, 0.4) is 0 Å². The van der Waals surface area contributed by atoms with Crippen molar-refractivity contribution in [2.45, 2.75) is 93.8 Å². The number of allylic oxidation sites excluding steroid dienone is 1. The van der Waals surface area contributed by atoms with Crippen molar-refractivity contribution in [2.75, 3.05) is 26.9 Å². The van der Waals surface area contributed by atoms with E-state index in [1.165, 1.54) is 12.0 Å². The second-order valence-electron chi connectivity index (χ2n) is 13.5. The van der Waals surface area contributed by atoms with E-state index >= 15 is 0 Å². The number of alkyl halides is 1. The monoisotopic (exact) mass is 731 g/mol. The van der Waals surface area contributed by atoms with E-state index < -0.39 is 59.6 Å². The number of nitrogens with zero attached hydrogens (tertiary/aromatic N) is 2. The third kappa shape index (κ3) is 7.13. The van der Waals surface area contributed by atoms with Crippen LogP contribution in [0.2, 0.25) is 0 Å². The molecule has 11 nitrogen and oxygen atoms in total. The number of likely N-dealkylation sites (tertiary alicyclic amines) is 1. The molecule has 9 atom stereocenters. The van der Waals surface area contributed by atoms with Gasteiger partial charge in [-0.05, 0) is 38.2 Å². The Hall–Kier alpha value is -3.06. The fraction of sp³-hybridized carbons (Fsp3) is 0.611. The van der Waals surface area contributed by atoms with Crippen LogP contribution in [0.25, 0.3) is 0 Å². The number of fused-ring (bicyclic) bond motifs is 1. The standard InChI is InChI=1S/C36H50BrN3O8/c1-8-10-16-27(42)38-25(20-46-7)30(23-14-12-11-13-15-23)47-35(45)28-29-33(43)40(26(19-41)21(3)4)32(34(44)39(17-9-2)22(5)6)36(29)18-24(37)31(28)48-36/h8-9,11-15,21-22,24-26,28-32,41H,1-2,10,16-20H2,3-7H3,(H,38,42)/t24?,25-,26+,28+,29-,30-,31+,32+,36-/m1/s1. The quantitative estimate of drug-likeness (QED) is 0.141. The average molecular weight is 733 g/mol. The Morgan fingerprint density at radius 3 is 2.44 bits per heavy atom. The molecular formula is C36H50BrN3O8. The number of carbonyl (C=O) groups is 4. The number of aliphatic hydroxyl groups excluding tert-OH is 1. The molecule has 3 heterocycles. The molecule has 3 fully saturated rings. The van der Waals surface area contributed by atoms with Crippen molar-refractivity contribution < 1.29 is 38.5 Å². The van der Waals surface area contributed by atoms with E-state index in [1.807, 2.05) is 45.9 Å². The molecule has 0 saturated carbocycles. The number of hydrogen-bond acceptors (Lipinski definition) is 8. The van der Waals surface area contributed by atoms with E-state index in [2.05, 4.69) is 34.4 Å². The van der Waals surface area contributed by atoms with Crippen molar-refractivity contribution >= 4 is 39.6 Å². The fourth-order valence-electron chi connectivity index (χ4n) is 7.57. The number of nitrogens with one attached hydrogen (secondary N) is 1. The number of carbonyl (C=O) groups excluding carboxylic acids is 4. The highest BCUT2D eigenvalue weighted by molar-refractivity contribution is 9.09. The molecule has 1 aromatic rings. The number of rotatable bonds is 17. The Balaban J connectivity index is 1.77. The van der Waals surface area contributed by atoms with E-state index in [9.17, 15) is 24.3 Å². The zero-order valence-corrected chi connectivity index (χ0v) is 30.1. The smallest absolute Gasteiger partial charge is 0.313 e. The molecule has 2 bridgehead atoms. The molecule has 1 aromatic carbocycles. The number of halogens is 1. The Bertz CT molecular complexity index is 1340. The van der Waals surface area contributed by atoms with E-state index in [0.717, 1.165) is 0 Å². The third-order valence-corrected chi connectivity index (χ3v) is 10.6. The second-order valence-corrected chi connectivity index (χ2v) is 14.7. The lowest BCUT2D eigenvalue weighted by molar-refractivity contribution is -0.163. The van der Waals surface area contributed by atoms with Gasteiger partial charge in [0.1, 0.15) is 17.7 Å². The highest BCUT2D eigenvalue weighted by Crippen LogP contribution is 2.61. The van der Waals surface area contributed by atoms with Gasteiger partial charge in [0.2, 0.25) is 17.7 Å². The molecule has 0 radical (unpaired) electrons. The lowest BCUT2D eigenvalue weighted by Gasteiger charge is -2.41. The second kappa shape index (κ2) is 16.1. The van der Waals surface area contributed by atoms with Gasteiger partial charge in [0.25, 0.3) is 0 Å². The maximum Gasteiger partial charge on any atom is 0.313 e. The van der Waals surface area contributed by atoms with Crippen LogP contribution in [0.4, 0.5) is 0 Å². The molecule has 264 valence electrons. The summed E-state index contributed by atoms with van der Waals surface area (Å²) < 4.78 is 18.4. The lowest BCUT2D eigenvalue weighted by atomic mass is 9.70. The van der Waals surface area contributed by atoms with Crippen molar-refractivity contribution in [3.63, 3.8) is 0 Å². The van der Waals surface area contributed by atoms with Crippen molar-refractivity contribution in [2.24, 2.45) is 17.8 Å². The minimum absolute atomic E-state index is 0.0515. The van der Waals surface area contributed by atoms with Crippen molar-refractivity contribution in [3.05, 3.63) is 61.2 Å². The first-order chi connectivity index (χ1) is 22.9. The van der Waals surface area contributed by atoms with Gasteiger partial charge in [-0.15, -0.1) is 13.2 Å². The SMILES string of the molecule is C=CCCC(=O)N[C@H](COC)[C@H](OC(=O)[C@@H]1[C@H]2O[C@@]3(CC2Br)[C@H](C(=O)N(CC=C)C(C)C)N([C@@H](CO)C(C)C)C(=O)[C@@H]13)c1ccccc1. The van der Waals surface area contributed by atoms with E-state index in [4.69, 9.17) is 14.2 Å². The largest absolute Gasteiger partial charge is 0.455 e. The topological polar surface area (TPSA) is 135 Å². The summed E-state index contributed by atoms with van der Waals surface area (Å²) in [7, 11) is 1.50. The summed E-state index contributed by atoms with van der Waals surface area (Å²) in [6, 6.07) is 6.34. The number of esters is 1. The Morgan fingerprint density at radius 1 is 1.19 bits per heavy atom. The first kappa shape index (κ1) is 37.8. The molecule has 4 rings (SSSR count). The molecule has 1 spiro atoms. The normalized spacial score (nSPS) is 27.8. The number of aliphatic hydroxyl groups is 1. The number of methoxy groups -OCH3 is 1. The van der Waals surface area contributed by atoms with Gasteiger partial charge < -0.3 is 34.4 Å². The van der Waals surface area contributed by atoms with Crippen LogP contribution >= 0.6 is 15.9 Å². The van der Waals surface area contributed by atoms with Gasteiger partial charge in [0.15, 0.2) is 0 Å². The summed E-state index contributed by atoms with van der Waals surface area (Å²) in [5, 5.41) is 13.5. The van der Waals surface area contributed by atoms with Gasteiger partial charge >= 0.3 is 5.97 Å². The summed E-state index contributed by atoms with van der Waals surface area (Å²) in [6.07, 6.45) is 2.58. The first-order valence-electron chi connectivity index (χ1n) is 16.7. The predicted octanol–water partition coefficient (Wildman–Crippen LogP) is 3.56. The number of benzene rings is 1. The van der Waals surface area contributed by atoms with Crippen LogP contribution in [0, 0.1) is 17.8 Å². The van der Waals surface area contributed by atoms with E-state index in [1.54, 1.807) is 29.2 Å². The molecule has 12 heteroatoms. The highest BCUT2D eigenvalue weighted by atomic mass is 79.9. The van der Waals surface area contributed by atoms with Crippen LogP contribution in [-0.2, 0) is 33.4 Å². The van der Waals surface area contributed by atoms with Crippen LogP contribution in [-0.4, -0.2) is 106 Å². The zero-order chi connectivity index (χ0) is 35.3. The molecule has 2 N–H and O–H groups in total. The molecule has 3 amide bonds. The maximum absolute atomic E-state index is 14.6. The van der Waals surface area contributed by atoms with Gasteiger partial charge in [0, 0.05) is 30.9 Å². The molecule has 0 aromatic heterocycles. The van der Waals surface area contributed by atoms with Crippen molar-refractivity contribution in [3.8, 4) is 0 Å². The fourth-order valence-corrected chi connectivity index (χ4v) is 8.51. The van der Waals surface area contributed by atoms with Gasteiger partial charge in [-0.25, -0.2) is 0 Å². The Kier molecular flexibility index (Phi) is 12.7. The summed E-state index contributed by atoms with van der Waals surface area (Å²) in [5.74, 6) is -3.95. The highest BCUT2D eigenvalue weighted by Gasteiger charge is 2.77. The van der Waals surface area contributed by atoms with Gasteiger partial charge in [-0.3, -0.25) is 19.2 Å². The summed E-state index contributed by atoms with van der Waals surface area (Å²) in [6.45, 7) is 15.0. The zero-order valence-electron chi connectivity index (χ0n) is 28.5. The molecule has 3 aliphatic rings. The van der Waals surface area contributed by atoms with Gasteiger partial charge in [0.05, 0.1) is 43.2 Å². The molecule has 0 aliphatic carbocycles. The minimum atomic E-state index is -1.33. The first-order valence-corrected chi connectivity index (χ1v) is 17.6. The number of amides is 3. The molecule has 1 unspecified atom stereocenters. The summed E-state index contributed by atoms with van der Waals surface area (Å²) >= 11 is 3.72. The molecule has 48 heavy (non-hydrogen) atoms. The molecule has 3 aliphatic heterocycles. The van der Waals surface area contributed by atoms with Crippen molar-refractivity contribution in [1.82, 2.24) is 15.1 Å². The number of ether oxygens (including phenoxy) is 3. The average Bonchev–Trinajstić information content (AvgIpc) is 3.64. The van der Waals surface area contributed by atoms with Crippen LogP contribution in [0.5, 0.6) is 0 Å². The van der Waals surface area contributed by atoms with E-state index in [-0.39, 0.29) is 54.8 Å². The van der Waals surface area contributed by atoms with Crippen LogP contribution in [0.1, 0.15) is 58.6 Å². The Morgan fingerprint density at radius 2 is 1.88 bits per heavy atom. The predicted molar refractivity (Wildman–Crippen MR) is 184 cm³/mol. The van der Waals surface area contributed by atoms with E-state index in [0.29, 0.717) is 18.4 Å². The summed E-state index contributed by atoms with van der Waals surface area (Å²) in [4.78, 5) is 59.3. The molecular weight excluding hydrogens is 682 g/mol. The van der Waals surface area contributed by atoms with Crippen LogP contribution in [0.15, 0.2) is 55.6 Å². The lowest BCUT2D eigenvalue weighted by Crippen LogP contribution is -2.60. The third-order valence-electron chi connectivity index (χ3n) is 9.78. The van der Waals surface area contributed by atoms with Crippen LogP contribution < -0.4 is 5.32 Å². The summed E-state index contributed by atoms with van der Waals surface area (Å²) in [5.41, 5.74) is -0.698. The molecule has 3 saturated heterocycles. The number of hydrogen-bond donors (Lipinski definition) is 2. The minimum Gasteiger partial charge on any atom is -0.455 e. The Labute approximate surface area is 292 Å². The van der Waals surface area contributed by atoms with Gasteiger partial charge in [-0.2, -0.15) is 0 Å². The van der Waals surface area contributed by atoms with Crippen molar-refractivity contribution in [1.29, 1.82) is 0 Å².